The smallest absolute Gasteiger partial charge is 0.305 e. The number of nitrogens with zero attached hydrogens (tertiary/aromatic N) is 1. The minimum atomic E-state index is -0.705. The van der Waals surface area contributed by atoms with Gasteiger partial charge >= 0.3 is 17.9 Å². The normalized spacial score (nSPS) is 11.6. The lowest BCUT2D eigenvalue weighted by atomic mass is 10.1. The molecule has 12 heteroatoms. The van der Waals surface area contributed by atoms with Crippen molar-refractivity contribution in [2.75, 3.05) is 32.8 Å². The predicted octanol–water partition coefficient (Wildman–Crippen LogP) is 11.3. The van der Waals surface area contributed by atoms with E-state index in [9.17, 15) is 19.2 Å². The molecule has 0 rings (SSSR count). The fourth-order valence-corrected chi connectivity index (χ4v) is 6.59. The zero-order valence-corrected chi connectivity index (χ0v) is 38.3. The Hall–Kier alpha value is -2.14. The van der Waals surface area contributed by atoms with Gasteiger partial charge in [-0.2, -0.15) is 0 Å². The molecule has 1 amide bonds. The summed E-state index contributed by atoms with van der Waals surface area (Å²) in [6.45, 7) is 3.40. The summed E-state index contributed by atoms with van der Waals surface area (Å²) in [6, 6.07) is -0.674. The number of allylic oxidation sites excluding steroid dienone is 4. The van der Waals surface area contributed by atoms with E-state index in [1.54, 1.807) is 4.90 Å². The summed E-state index contributed by atoms with van der Waals surface area (Å²) in [5.41, 5.74) is 11.8. The van der Waals surface area contributed by atoms with Crippen LogP contribution in [0.3, 0.4) is 0 Å². The van der Waals surface area contributed by atoms with Crippen LogP contribution in [0, 0.1) is 0 Å². The van der Waals surface area contributed by atoms with Gasteiger partial charge in [-0.05, 0) is 90.0 Å². The Morgan fingerprint density at radius 1 is 0.534 bits per heavy atom. The van der Waals surface area contributed by atoms with Crippen molar-refractivity contribution in [2.45, 2.75) is 212 Å². The first-order valence-electron chi connectivity index (χ1n) is 22.9. The molecule has 0 aromatic heterocycles. The van der Waals surface area contributed by atoms with Crippen molar-refractivity contribution in [1.29, 1.82) is 0 Å². The van der Waals surface area contributed by atoms with Gasteiger partial charge in [0.2, 0.25) is 5.91 Å². The van der Waals surface area contributed by atoms with Crippen molar-refractivity contribution >= 4 is 48.6 Å². The molecule has 0 aliphatic rings. The van der Waals surface area contributed by atoms with Crippen LogP contribution in [-0.2, 0) is 28.7 Å². The third kappa shape index (κ3) is 43.4. The number of aliphatic carboxylic acids is 1. The lowest BCUT2D eigenvalue weighted by Crippen LogP contribution is -2.46. The zero-order valence-electron chi connectivity index (χ0n) is 36.7. The standard InChI is InChI=1S/C46H85N3O7.2ClH/c1-2-3-4-5-6-7-8-9-10-14-17-20-23-26-29-35-44(52)55-40-38-49(46(54)42(48)33-31-32-37-47)39-41-56-45(53)36-30-27-24-21-18-15-12-11-13-16-19-22-25-28-34-43(50)51;;/h9-12,42H,2-8,13-41,47-48H2,1H3,(H,50,51);2*1H/b10-9-,12-11-;;/t42-;;/m0../s1. The number of carboxylic acid groups (broad SMARTS) is 1. The first kappa shape index (κ1) is 60.2. The number of amides is 1. The van der Waals surface area contributed by atoms with Crippen LogP contribution in [0.2, 0.25) is 0 Å². The Bertz CT molecular complexity index is 1020. The number of hydrogen-bond donors (Lipinski definition) is 3. The first-order valence-corrected chi connectivity index (χ1v) is 22.9. The minimum Gasteiger partial charge on any atom is -0.481 e. The number of rotatable bonds is 42. The number of nitrogens with two attached hydrogens (primary N) is 2. The van der Waals surface area contributed by atoms with Crippen molar-refractivity contribution in [3.05, 3.63) is 24.3 Å². The highest BCUT2D eigenvalue weighted by Gasteiger charge is 2.21. The molecule has 342 valence electrons. The van der Waals surface area contributed by atoms with Gasteiger partial charge in [-0.25, -0.2) is 0 Å². The fraction of sp³-hybridized carbons (Fsp3) is 0.826. The van der Waals surface area contributed by atoms with Crippen LogP contribution >= 0.6 is 24.8 Å². The van der Waals surface area contributed by atoms with Crippen LogP contribution in [0.1, 0.15) is 206 Å². The zero-order chi connectivity index (χ0) is 41.2. The monoisotopic (exact) mass is 864 g/mol. The fourth-order valence-electron chi connectivity index (χ4n) is 6.59. The second-order valence-corrected chi connectivity index (χ2v) is 15.5. The molecular weight excluding hydrogens is 777 g/mol. The SMILES string of the molecule is CCCCCCCC/C=C\CCCCCCCC(=O)OCCN(CCOC(=O)CCCCCCC/C=C\CCCCCCCC(=O)O)C(=O)[C@@H](N)CCCCN.Cl.Cl. The van der Waals surface area contributed by atoms with E-state index >= 15 is 0 Å². The molecule has 58 heavy (non-hydrogen) atoms. The van der Waals surface area contributed by atoms with E-state index < -0.39 is 12.0 Å². The Morgan fingerprint density at radius 2 is 0.897 bits per heavy atom. The van der Waals surface area contributed by atoms with Gasteiger partial charge in [-0.15, -0.1) is 24.8 Å². The molecule has 1 atom stereocenters. The van der Waals surface area contributed by atoms with Gasteiger partial charge in [0.15, 0.2) is 0 Å². The predicted molar refractivity (Wildman–Crippen MR) is 245 cm³/mol. The summed E-state index contributed by atoms with van der Waals surface area (Å²) in [5.74, 6) is -1.45. The molecule has 5 N–H and O–H groups in total. The van der Waals surface area contributed by atoms with Crippen LogP contribution in [0.5, 0.6) is 0 Å². The van der Waals surface area contributed by atoms with E-state index in [1.165, 1.54) is 57.8 Å². The number of carboxylic acids is 1. The number of halogens is 2. The van der Waals surface area contributed by atoms with Gasteiger partial charge in [0.05, 0.1) is 19.1 Å². The molecule has 0 aliphatic carbocycles. The van der Waals surface area contributed by atoms with E-state index in [0.717, 1.165) is 116 Å². The maximum absolute atomic E-state index is 13.1. The molecular formula is C46H87Cl2N3O7. The highest BCUT2D eigenvalue weighted by atomic mass is 35.5. The lowest BCUT2D eigenvalue weighted by molar-refractivity contribution is -0.148. The molecule has 0 aromatic carbocycles. The summed E-state index contributed by atoms with van der Waals surface area (Å²) >= 11 is 0. The quantitative estimate of drug-likeness (QED) is 0.0308. The highest BCUT2D eigenvalue weighted by Crippen LogP contribution is 2.13. The lowest BCUT2D eigenvalue weighted by Gasteiger charge is -2.25. The van der Waals surface area contributed by atoms with Crippen molar-refractivity contribution in [3.8, 4) is 0 Å². The summed E-state index contributed by atoms with van der Waals surface area (Å²) < 4.78 is 10.9. The number of ether oxygens (including phenoxy) is 2. The molecule has 0 aromatic rings. The van der Waals surface area contributed by atoms with Crippen molar-refractivity contribution in [2.24, 2.45) is 11.5 Å². The topological polar surface area (TPSA) is 162 Å². The molecule has 0 fully saturated rings. The van der Waals surface area contributed by atoms with Gasteiger partial charge in [-0.3, -0.25) is 19.2 Å². The van der Waals surface area contributed by atoms with E-state index in [2.05, 4.69) is 31.2 Å². The van der Waals surface area contributed by atoms with E-state index in [4.69, 9.17) is 26.0 Å². The molecule has 0 aliphatic heterocycles. The van der Waals surface area contributed by atoms with E-state index in [1.807, 2.05) is 0 Å². The minimum absolute atomic E-state index is 0. The van der Waals surface area contributed by atoms with Crippen LogP contribution in [0.4, 0.5) is 0 Å². The summed E-state index contributed by atoms with van der Waals surface area (Å²) in [7, 11) is 0. The Kier molecular flexibility index (Phi) is 49.3. The molecule has 0 saturated heterocycles. The number of esters is 2. The van der Waals surface area contributed by atoms with Crippen LogP contribution in [0.15, 0.2) is 24.3 Å². The van der Waals surface area contributed by atoms with Crippen molar-refractivity contribution in [3.63, 3.8) is 0 Å². The average molecular weight is 865 g/mol. The largest absolute Gasteiger partial charge is 0.481 e. The maximum Gasteiger partial charge on any atom is 0.305 e. The molecule has 0 bridgehead atoms. The highest BCUT2D eigenvalue weighted by molar-refractivity contribution is 5.85. The second kappa shape index (κ2) is 47.5. The average Bonchev–Trinajstić information content (AvgIpc) is 3.18. The van der Waals surface area contributed by atoms with Crippen molar-refractivity contribution < 1.29 is 33.8 Å². The number of carbonyl (C=O) groups excluding carboxylic acids is 3. The van der Waals surface area contributed by atoms with E-state index in [-0.39, 0.29) is 75.4 Å². The first-order chi connectivity index (χ1) is 27.3. The summed E-state index contributed by atoms with van der Waals surface area (Å²) in [5, 5.41) is 8.67. The Balaban J connectivity index is -0.0000151. The maximum atomic E-state index is 13.1. The Labute approximate surface area is 366 Å². The Morgan fingerprint density at radius 3 is 1.28 bits per heavy atom. The van der Waals surface area contributed by atoms with Gasteiger partial charge in [0.25, 0.3) is 0 Å². The van der Waals surface area contributed by atoms with Gasteiger partial charge in [-0.1, -0.05) is 128 Å². The molecule has 10 nitrogen and oxygen atoms in total. The van der Waals surface area contributed by atoms with Gasteiger partial charge < -0.3 is 30.9 Å². The van der Waals surface area contributed by atoms with Gasteiger partial charge in [0, 0.05) is 19.3 Å². The molecule has 0 unspecified atom stereocenters. The van der Waals surface area contributed by atoms with Crippen LogP contribution in [-0.4, -0.2) is 72.7 Å². The molecule has 0 saturated carbocycles. The third-order valence-corrected chi connectivity index (χ3v) is 10.2. The number of carbonyl (C=O) groups is 4. The second-order valence-electron chi connectivity index (χ2n) is 15.5. The molecule has 0 heterocycles. The molecule has 0 spiro atoms. The van der Waals surface area contributed by atoms with E-state index in [0.29, 0.717) is 25.8 Å². The van der Waals surface area contributed by atoms with Crippen molar-refractivity contribution in [1.82, 2.24) is 4.90 Å². The van der Waals surface area contributed by atoms with Crippen LogP contribution in [0.25, 0.3) is 0 Å². The third-order valence-electron chi connectivity index (χ3n) is 10.2. The number of unbranched alkanes of at least 4 members (excludes halogenated alkanes) is 22. The number of hydrogen-bond acceptors (Lipinski definition) is 8. The van der Waals surface area contributed by atoms with Gasteiger partial charge in [0.1, 0.15) is 13.2 Å². The summed E-state index contributed by atoms with van der Waals surface area (Å²) in [6.07, 6.45) is 40.4. The summed E-state index contributed by atoms with van der Waals surface area (Å²) in [4.78, 5) is 50.0. The molecule has 0 radical (unpaired) electrons. The van der Waals surface area contributed by atoms with Crippen LogP contribution < -0.4 is 11.5 Å².